The summed E-state index contributed by atoms with van der Waals surface area (Å²) in [7, 11) is 0. The quantitative estimate of drug-likeness (QED) is 0.849. The summed E-state index contributed by atoms with van der Waals surface area (Å²) in [4.78, 5) is 21.9. The second kappa shape index (κ2) is 6.97. The molecule has 100 valence electrons. The van der Waals surface area contributed by atoms with E-state index in [2.05, 4.69) is 5.32 Å². The number of carboxylic acid groups (broad SMARTS) is 1. The molecule has 0 bridgehead atoms. The minimum absolute atomic E-state index is 0.265. The van der Waals surface area contributed by atoms with Gasteiger partial charge in [0, 0.05) is 6.42 Å². The molecule has 1 atom stereocenters. The van der Waals surface area contributed by atoms with Crippen LogP contribution in [0.4, 0.5) is 0 Å². The maximum Gasteiger partial charge on any atom is 0.325 e. The number of aliphatic carboxylic acids is 1. The van der Waals surface area contributed by atoms with Crippen LogP contribution in [0.3, 0.4) is 0 Å². The molecule has 18 heavy (non-hydrogen) atoms. The third-order valence-electron chi connectivity index (χ3n) is 2.33. The number of hydrogen-bond acceptors (Lipinski definition) is 3. The first kappa shape index (κ1) is 15.3. The van der Waals surface area contributed by atoms with E-state index in [0.29, 0.717) is 21.5 Å². The van der Waals surface area contributed by atoms with Gasteiger partial charge in [0.25, 0.3) is 0 Å². The zero-order chi connectivity index (χ0) is 13.7. The molecule has 1 amide bonds. The summed E-state index contributed by atoms with van der Waals surface area (Å²) >= 11 is 13.0. The van der Waals surface area contributed by atoms with Gasteiger partial charge in [-0.3, -0.25) is 9.59 Å². The van der Waals surface area contributed by atoms with Crippen molar-refractivity contribution in [3.63, 3.8) is 0 Å². The zero-order valence-electron chi connectivity index (χ0n) is 9.70. The van der Waals surface area contributed by atoms with Gasteiger partial charge in [-0.1, -0.05) is 23.2 Å². The van der Waals surface area contributed by atoms with Crippen LogP contribution in [-0.4, -0.2) is 23.0 Å². The molecular weight excluding hydrogens is 297 g/mol. The summed E-state index contributed by atoms with van der Waals surface area (Å²) in [6.07, 6.45) is 1.52. The van der Waals surface area contributed by atoms with Crippen molar-refractivity contribution in [3.05, 3.63) is 20.3 Å². The fourth-order valence-corrected chi connectivity index (χ4v) is 2.90. The lowest BCUT2D eigenvalue weighted by Crippen LogP contribution is -2.38. The fourth-order valence-electron chi connectivity index (χ4n) is 1.36. The number of halogens is 2. The summed E-state index contributed by atoms with van der Waals surface area (Å²) in [5, 5.41) is 11.0. The molecule has 0 saturated carbocycles. The Balaban J connectivity index is 2.32. The Bertz CT molecular complexity index is 447. The van der Waals surface area contributed by atoms with Crippen LogP contribution >= 0.6 is 34.5 Å². The lowest BCUT2D eigenvalue weighted by Gasteiger charge is -2.08. The van der Waals surface area contributed by atoms with Gasteiger partial charge >= 0.3 is 5.97 Å². The van der Waals surface area contributed by atoms with Gasteiger partial charge < -0.3 is 10.4 Å². The molecular formula is C11H13Cl2NO3S. The second-order valence-corrected chi connectivity index (χ2v) is 6.12. The number of aryl methyl sites for hydroxylation is 1. The topological polar surface area (TPSA) is 66.4 Å². The van der Waals surface area contributed by atoms with Gasteiger partial charge in [0.05, 0.1) is 8.67 Å². The largest absolute Gasteiger partial charge is 0.480 e. The van der Waals surface area contributed by atoms with Gasteiger partial charge in [0.1, 0.15) is 6.04 Å². The van der Waals surface area contributed by atoms with Gasteiger partial charge in [0.15, 0.2) is 0 Å². The molecule has 7 heteroatoms. The van der Waals surface area contributed by atoms with Crippen LogP contribution in [0.25, 0.3) is 0 Å². The van der Waals surface area contributed by atoms with Gasteiger partial charge in [-0.25, -0.2) is 0 Å². The summed E-state index contributed by atoms with van der Waals surface area (Å²) < 4.78 is 1.26. The van der Waals surface area contributed by atoms with Gasteiger partial charge in [0.2, 0.25) is 5.91 Å². The zero-order valence-corrected chi connectivity index (χ0v) is 12.0. The van der Waals surface area contributed by atoms with Crippen LogP contribution < -0.4 is 5.32 Å². The molecule has 0 aliphatic rings. The minimum Gasteiger partial charge on any atom is -0.480 e. The van der Waals surface area contributed by atoms with Gasteiger partial charge in [-0.15, -0.1) is 11.3 Å². The first-order valence-electron chi connectivity index (χ1n) is 5.36. The number of carbonyl (C=O) groups is 2. The first-order valence-corrected chi connectivity index (χ1v) is 6.93. The van der Waals surface area contributed by atoms with Gasteiger partial charge in [-0.05, 0) is 31.4 Å². The van der Waals surface area contributed by atoms with Crippen LogP contribution in [0.2, 0.25) is 8.67 Å². The minimum atomic E-state index is -1.05. The van der Waals surface area contributed by atoms with Crippen molar-refractivity contribution in [2.24, 2.45) is 0 Å². The summed E-state index contributed by atoms with van der Waals surface area (Å²) in [6, 6.07) is 0.920. The smallest absolute Gasteiger partial charge is 0.325 e. The van der Waals surface area contributed by atoms with Crippen LogP contribution in [0.5, 0.6) is 0 Å². The van der Waals surface area contributed by atoms with E-state index in [9.17, 15) is 9.59 Å². The average Bonchev–Trinajstić information content (AvgIpc) is 2.57. The van der Waals surface area contributed by atoms with E-state index in [1.54, 1.807) is 6.07 Å². The number of amides is 1. The molecule has 0 unspecified atom stereocenters. The maximum atomic E-state index is 11.4. The van der Waals surface area contributed by atoms with E-state index in [4.69, 9.17) is 28.3 Å². The molecule has 1 aromatic rings. The predicted molar refractivity (Wildman–Crippen MR) is 72.5 cm³/mol. The molecule has 0 spiro atoms. The molecule has 4 nitrogen and oxygen atoms in total. The Kier molecular flexibility index (Phi) is 5.91. The number of carboxylic acids is 1. The van der Waals surface area contributed by atoms with Crippen molar-refractivity contribution in [3.8, 4) is 0 Å². The SMILES string of the molecule is C[C@H](NC(=O)CCCc1cc(Cl)sc1Cl)C(=O)O. The normalized spacial score (nSPS) is 12.2. The Labute approximate surface area is 119 Å². The number of hydrogen-bond donors (Lipinski definition) is 2. The van der Waals surface area contributed by atoms with E-state index in [1.165, 1.54) is 18.3 Å². The third-order valence-corrected chi connectivity index (χ3v) is 3.89. The van der Waals surface area contributed by atoms with Crippen LogP contribution in [0.1, 0.15) is 25.3 Å². The van der Waals surface area contributed by atoms with Crippen LogP contribution in [0.15, 0.2) is 6.07 Å². The molecule has 2 N–H and O–H groups in total. The van der Waals surface area contributed by atoms with Crippen molar-refractivity contribution in [1.82, 2.24) is 5.32 Å². The van der Waals surface area contributed by atoms with Crippen molar-refractivity contribution in [1.29, 1.82) is 0 Å². The highest BCUT2D eigenvalue weighted by Gasteiger charge is 2.13. The number of thiophene rings is 1. The van der Waals surface area contributed by atoms with Crippen LogP contribution in [-0.2, 0) is 16.0 Å². The Hall–Kier alpha value is -0.780. The van der Waals surface area contributed by atoms with Crippen molar-refractivity contribution >= 4 is 46.4 Å². The summed E-state index contributed by atoms with van der Waals surface area (Å²) in [6.45, 7) is 1.43. The maximum absolute atomic E-state index is 11.4. The van der Waals surface area contributed by atoms with Gasteiger partial charge in [-0.2, -0.15) is 0 Å². The van der Waals surface area contributed by atoms with Crippen molar-refractivity contribution in [2.75, 3.05) is 0 Å². The van der Waals surface area contributed by atoms with E-state index in [0.717, 1.165) is 5.56 Å². The summed E-state index contributed by atoms with van der Waals surface area (Å²) in [5.41, 5.74) is 0.922. The van der Waals surface area contributed by atoms with E-state index < -0.39 is 12.0 Å². The van der Waals surface area contributed by atoms with E-state index >= 15 is 0 Å². The van der Waals surface area contributed by atoms with Crippen LogP contribution in [0, 0.1) is 0 Å². The molecule has 0 aromatic carbocycles. The molecule has 1 aromatic heterocycles. The standard InChI is InChI=1S/C11H13Cl2NO3S/c1-6(11(16)17)14-9(15)4-2-3-7-5-8(12)18-10(7)13/h5-6H,2-4H2,1H3,(H,14,15)(H,16,17)/t6-/m0/s1. The van der Waals surface area contributed by atoms with Crippen molar-refractivity contribution < 1.29 is 14.7 Å². The highest BCUT2D eigenvalue weighted by atomic mass is 35.5. The third kappa shape index (κ3) is 4.84. The Morgan fingerprint density at radius 3 is 2.67 bits per heavy atom. The number of nitrogens with one attached hydrogen (secondary N) is 1. The predicted octanol–water partition coefficient (Wildman–Crippen LogP) is 2.97. The molecule has 1 heterocycles. The highest BCUT2D eigenvalue weighted by molar-refractivity contribution is 7.20. The lowest BCUT2D eigenvalue weighted by atomic mass is 10.1. The monoisotopic (exact) mass is 309 g/mol. The molecule has 0 aliphatic carbocycles. The fraction of sp³-hybridized carbons (Fsp3) is 0.455. The lowest BCUT2D eigenvalue weighted by molar-refractivity contribution is -0.141. The Morgan fingerprint density at radius 2 is 2.17 bits per heavy atom. The Morgan fingerprint density at radius 1 is 1.50 bits per heavy atom. The molecule has 0 fully saturated rings. The number of rotatable bonds is 6. The molecule has 0 radical (unpaired) electrons. The highest BCUT2D eigenvalue weighted by Crippen LogP contribution is 2.31. The molecule has 1 rings (SSSR count). The second-order valence-electron chi connectivity index (χ2n) is 3.83. The van der Waals surface area contributed by atoms with E-state index in [-0.39, 0.29) is 12.3 Å². The van der Waals surface area contributed by atoms with E-state index in [1.807, 2.05) is 0 Å². The average molecular weight is 310 g/mol. The first-order chi connectivity index (χ1) is 8.40. The summed E-state index contributed by atoms with van der Waals surface area (Å²) in [5.74, 6) is -1.32. The molecule has 0 aliphatic heterocycles. The molecule has 0 saturated heterocycles. The number of carbonyl (C=O) groups excluding carboxylic acids is 1. The van der Waals surface area contributed by atoms with Crippen molar-refractivity contribution in [2.45, 2.75) is 32.2 Å².